The molecule has 0 saturated carbocycles. The first-order chi connectivity index (χ1) is 15.7. The number of ether oxygens (including phenoxy) is 2. The van der Waals surface area contributed by atoms with Gasteiger partial charge in [0.05, 0.1) is 18.8 Å². The van der Waals surface area contributed by atoms with E-state index in [2.05, 4.69) is 15.5 Å². The number of para-hydroxylation sites is 2. The second kappa shape index (κ2) is 8.90. The summed E-state index contributed by atoms with van der Waals surface area (Å²) >= 11 is 6.00. The predicted molar refractivity (Wildman–Crippen MR) is 126 cm³/mol. The first-order valence-corrected chi connectivity index (χ1v) is 10.7. The fraction of sp³-hybridized carbons (Fsp3) is 0.167. The van der Waals surface area contributed by atoms with E-state index in [-0.39, 0.29) is 6.03 Å². The molecule has 5 rings (SSSR count). The summed E-state index contributed by atoms with van der Waals surface area (Å²) in [7, 11) is 0. The molecule has 0 unspecified atom stereocenters. The largest absolute Gasteiger partial charge is 0.454 e. The summed E-state index contributed by atoms with van der Waals surface area (Å²) in [6.45, 7) is 2.73. The maximum Gasteiger partial charge on any atom is 0.323 e. The van der Waals surface area contributed by atoms with Crippen LogP contribution in [-0.2, 0) is 4.74 Å². The molecule has 2 N–H and O–H groups in total. The Morgan fingerprint density at radius 2 is 1.69 bits per heavy atom. The third kappa shape index (κ3) is 4.39. The Bertz CT molecular complexity index is 1190. The minimum Gasteiger partial charge on any atom is -0.454 e. The van der Waals surface area contributed by atoms with Gasteiger partial charge in [0.2, 0.25) is 0 Å². The molecule has 0 aliphatic carbocycles. The zero-order valence-corrected chi connectivity index (χ0v) is 17.9. The molecule has 2 amide bonds. The number of hydrogen-bond acceptors (Lipinski definition) is 5. The third-order valence-electron chi connectivity index (χ3n) is 5.18. The maximum absolute atomic E-state index is 12.5. The number of fused-ring (bicyclic) bond motifs is 2. The average molecular weight is 449 g/mol. The minimum atomic E-state index is -0.366. The number of aliphatic imine (C=N–C) groups is 1. The van der Waals surface area contributed by atoms with Crippen LogP contribution >= 0.6 is 11.6 Å². The summed E-state index contributed by atoms with van der Waals surface area (Å²) in [6.07, 6.45) is 0. The molecule has 0 spiro atoms. The van der Waals surface area contributed by atoms with Crippen LogP contribution in [0, 0.1) is 0 Å². The van der Waals surface area contributed by atoms with Crippen LogP contribution in [0.25, 0.3) is 0 Å². The fourth-order valence-corrected chi connectivity index (χ4v) is 3.87. The molecule has 1 saturated heterocycles. The summed E-state index contributed by atoms with van der Waals surface area (Å²) in [5.41, 5.74) is 2.81. The van der Waals surface area contributed by atoms with Gasteiger partial charge in [0.15, 0.2) is 5.75 Å². The van der Waals surface area contributed by atoms with Crippen LogP contribution in [0.2, 0.25) is 5.02 Å². The van der Waals surface area contributed by atoms with E-state index < -0.39 is 0 Å². The number of hydrogen-bond donors (Lipinski definition) is 2. The zero-order chi connectivity index (χ0) is 21.9. The molecule has 162 valence electrons. The first-order valence-electron chi connectivity index (χ1n) is 10.3. The zero-order valence-electron chi connectivity index (χ0n) is 17.2. The Kier molecular flexibility index (Phi) is 5.66. The van der Waals surface area contributed by atoms with Crippen molar-refractivity contribution < 1.29 is 14.3 Å². The van der Waals surface area contributed by atoms with E-state index in [1.54, 1.807) is 30.3 Å². The van der Waals surface area contributed by atoms with Crippen molar-refractivity contribution in [3.8, 4) is 11.5 Å². The molecular formula is C24H21ClN4O3. The molecule has 0 bridgehead atoms. The second-order valence-corrected chi connectivity index (χ2v) is 7.84. The van der Waals surface area contributed by atoms with E-state index in [9.17, 15) is 4.79 Å². The van der Waals surface area contributed by atoms with Gasteiger partial charge >= 0.3 is 6.03 Å². The number of amidine groups is 1. The number of morpholine rings is 1. The number of amides is 2. The van der Waals surface area contributed by atoms with Crippen LogP contribution < -0.4 is 15.4 Å². The van der Waals surface area contributed by atoms with Gasteiger partial charge in [0, 0.05) is 29.5 Å². The Morgan fingerprint density at radius 1 is 0.906 bits per heavy atom. The predicted octanol–water partition coefficient (Wildman–Crippen LogP) is 5.50. The van der Waals surface area contributed by atoms with Crippen molar-refractivity contribution in [3.05, 3.63) is 77.3 Å². The lowest BCUT2D eigenvalue weighted by Gasteiger charge is -2.30. The van der Waals surface area contributed by atoms with Gasteiger partial charge in [0.25, 0.3) is 0 Å². The monoisotopic (exact) mass is 448 g/mol. The Labute approximate surface area is 190 Å². The minimum absolute atomic E-state index is 0.366. The van der Waals surface area contributed by atoms with Crippen LogP contribution in [0.4, 0.5) is 21.9 Å². The van der Waals surface area contributed by atoms with E-state index in [1.807, 2.05) is 36.4 Å². The summed E-state index contributed by atoms with van der Waals surface area (Å²) in [5, 5.41) is 6.22. The lowest BCUT2D eigenvalue weighted by molar-refractivity contribution is 0.0683. The standard InChI is InChI=1S/C24H21ClN4O3/c25-16-4-3-5-17(14-16)26-24(30)27-18-8-9-21-19(15-18)23(29-10-12-31-13-11-29)28-20-6-1-2-7-22(20)32-21/h1-9,14-15H,10-13H2,(H2,26,27,30). The topological polar surface area (TPSA) is 75.2 Å². The number of nitrogens with zero attached hydrogens (tertiary/aromatic N) is 2. The molecule has 3 aromatic carbocycles. The van der Waals surface area contributed by atoms with E-state index >= 15 is 0 Å². The van der Waals surface area contributed by atoms with Crippen molar-refractivity contribution in [2.75, 3.05) is 36.9 Å². The van der Waals surface area contributed by atoms with Crippen LogP contribution in [0.3, 0.4) is 0 Å². The molecular weight excluding hydrogens is 428 g/mol. The fourth-order valence-electron chi connectivity index (χ4n) is 3.68. The molecule has 2 aliphatic rings. The molecule has 1 fully saturated rings. The summed E-state index contributed by atoms with van der Waals surface area (Å²) in [5.74, 6) is 2.17. The Balaban J connectivity index is 1.45. The lowest BCUT2D eigenvalue weighted by Crippen LogP contribution is -2.41. The van der Waals surface area contributed by atoms with Gasteiger partial charge in [-0.1, -0.05) is 29.8 Å². The second-order valence-electron chi connectivity index (χ2n) is 7.41. The van der Waals surface area contributed by atoms with Crippen molar-refractivity contribution in [3.63, 3.8) is 0 Å². The Hall–Kier alpha value is -3.55. The normalized spacial score (nSPS) is 14.9. The van der Waals surface area contributed by atoms with Crippen LogP contribution in [0.15, 0.2) is 71.7 Å². The highest BCUT2D eigenvalue weighted by molar-refractivity contribution is 6.30. The van der Waals surface area contributed by atoms with E-state index in [0.717, 1.165) is 30.2 Å². The van der Waals surface area contributed by atoms with Gasteiger partial charge in [-0.3, -0.25) is 0 Å². The molecule has 2 heterocycles. The lowest BCUT2D eigenvalue weighted by atomic mass is 10.1. The quantitative estimate of drug-likeness (QED) is 0.542. The van der Waals surface area contributed by atoms with E-state index in [1.165, 1.54) is 0 Å². The van der Waals surface area contributed by atoms with Crippen molar-refractivity contribution in [1.82, 2.24) is 4.90 Å². The maximum atomic E-state index is 12.5. The van der Waals surface area contributed by atoms with E-state index in [4.69, 9.17) is 26.1 Å². The van der Waals surface area contributed by atoms with Gasteiger partial charge in [-0.05, 0) is 48.5 Å². The number of benzene rings is 3. The van der Waals surface area contributed by atoms with Gasteiger partial charge in [-0.15, -0.1) is 0 Å². The van der Waals surface area contributed by atoms with Crippen LogP contribution in [0.5, 0.6) is 11.5 Å². The van der Waals surface area contributed by atoms with Gasteiger partial charge in [-0.2, -0.15) is 0 Å². The number of rotatable bonds is 2. The molecule has 7 nitrogen and oxygen atoms in total. The first kappa shape index (κ1) is 20.4. The van der Waals surface area contributed by atoms with Gasteiger partial charge in [-0.25, -0.2) is 9.79 Å². The SMILES string of the molecule is O=C(Nc1cccc(Cl)c1)Nc1ccc2c(c1)C(N1CCOCC1)=Nc1ccccc1O2. The van der Waals surface area contributed by atoms with Crippen molar-refractivity contribution in [1.29, 1.82) is 0 Å². The van der Waals surface area contributed by atoms with Crippen molar-refractivity contribution in [2.45, 2.75) is 0 Å². The van der Waals surface area contributed by atoms with Gasteiger partial charge < -0.3 is 25.0 Å². The number of halogens is 1. The molecule has 2 aliphatic heterocycles. The number of urea groups is 1. The summed E-state index contributed by atoms with van der Waals surface area (Å²) in [6, 6.07) is 19.8. The third-order valence-corrected chi connectivity index (χ3v) is 5.42. The Morgan fingerprint density at radius 3 is 2.50 bits per heavy atom. The van der Waals surface area contributed by atoms with Crippen LogP contribution in [-0.4, -0.2) is 43.1 Å². The van der Waals surface area contributed by atoms with Crippen molar-refractivity contribution in [2.24, 2.45) is 4.99 Å². The number of nitrogens with one attached hydrogen (secondary N) is 2. The molecule has 0 radical (unpaired) electrons. The molecule has 0 aromatic heterocycles. The molecule has 8 heteroatoms. The highest BCUT2D eigenvalue weighted by Crippen LogP contribution is 2.39. The number of anilines is 2. The molecule has 0 atom stereocenters. The van der Waals surface area contributed by atoms with Crippen molar-refractivity contribution >= 4 is 40.5 Å². The highest BCUT2D eigenvalue weighted by atomic mass is 35.5. The molecule has 3 aromatic rings. The molecule has 32 heavy (non-hydrogen) atoms. The highest BCUT2D eigenvalue weighted by Gasteiger charge is 2.24. The number of carbonyl (C=O) groups is 1. The van der Waals surface area contributed by atoms with E-state index in [0.29, 0.717) is 41.1 Å². The summed E-state index contributed by atoms with van der Waals surface area (Å²) < 4.78 is 11.7. The summed E-state index contributed by atoms with van der Waals surface area (Å²) in [4.78, 5) is 19.6. The van der Waals surface area contributed by atoms with Crippen LogP contribution in [0.1, 0.15) is 5.56 Å². The number of carbonyl (C=O) groups excluding carboxylic acids is 1. The smallest absolute Gasteiger partial charge is 0.323 e. The van der Waals surface area contributed by atoms with Gasteiger partial charge in [0.1, 0.15) is 17.3 Å². The average Bonchev–Trinajstić information content (AvgIpc) is 2.96.